The summed E-state index contributed by atoms with van der Waals surface area (Å²) in [4.78, 5) is 18.0. The van der Waals surface area contributed by atoms with Gasteiger partial charge >= 0.3 is 0 Å². The van der Waals surface area contributed by atoms with Crippen LogP contribution in [0.3, 0.4) is 0 Å². The lowest BCUT2D eigenvalue weighted by Gasteiger charge is -2.05. The van der Waals surface area contributed by atoms with Gasteiger partial charge in [-0.2, -0.15) is 0 Å². The molecule has 2 aromatic heterocycles. The topological polar surface area (TPSA) is 60.4 Å². The number of hydrogen-bond donors (Lipinski definition) is 1. The van der Waals surface area contributed by atoms with Gasteiger partial charge in [-0.15, -0.1) is 23.1 Å². The van der Waals surface area contributed by atoms with Crippen LogP contribution in [0.1, 0.15) is 11.4 Å². The molecule has 0 spiro atoms. The molecule has 3 rings (SSSR count). The maximum atomic E-state index is 13.0. The molecular formula is C14H12FN3OS2. The molecule has 1 aromatic carbocycles. The van der Waals surface area contributed by atoms with Crippen molar-refractivity contribution in [2.45, 2.75) is 17.6 Å². The minimum absolute atomic E-state index is 0.0820. The SMILES string of the molecule is Cc1csc2nc(CSc3ccc(F)cc3N)cc(=O)n12. The van der Waals surface area contributed by atoms with Crippen molar-refractivity contribution >= 4 is 33.7 Å². The van der Waals surface area contributed by atoms with Crippen molar-refractivity contribution in [2.75, 3.05) is 5.73 Å². The van der Waals surface area contributed by atoms with Crippen molar-refractivity contribution < 1.29 is 4.39 Å². The predicted octanol–water partition coefficient (Wildman–Crippen LogP) is 3.08. The second kappa shape index (κ2) is 5.50. The molecule has 108 valence electrons. The summed E-state index contributed by atoms with van der Waals surface area (Å²) in [6.07, 6.45) is 0. The lowest BCUT2D eigenvalue weighted by molar-refractivity contribution is 0.627. The highest BCUT2D eigenvalue weighted by Crippen LogP contribution is 2.28. The van der Waals surface area contributed by atoms with Gasteiger partial charge in [-0.25, -0.2) is 9.37 Å². The fraction of sp³-hybridized carbons (Fsp3) is 0.143. The maximum absolute atomic E-state index is 13.0. The van der Waals surface area contributed by atoms with E-state index in [1.54, 1.807) is 10.5 Å². The van der Waals surface area contributed by atoms with Gasteiger partial charge in [0.05, 0.1) is 5.69 Å². The Bertz CT molecular complexity index is 872. The van der Waals surface area contributed by atoms with Crippen LogP contribution in [-0.4, -0.2) is 9.38 Å². The van der Waals surface area contributed by atoms with E-state index in [-0.39, 0.29) is 11.4 Å². The average Bonchev–Trinajstić information content (AvgIpc) is 2.80. The lowest BCUT2D eigenvalue weighted by atomic mass is 10.3. The second-order valence-corrected chi connectivity index (χ2v) is 6.41. The Kier molecular flexibility index (Phi) is 3.69. The predicted molar refractivity (Wildman–Crippen MR) is 84.4 cm³/mol. The first kappa shape index (κ1) is 14.1. The number of thiazole rings is 1. The summed E-state index contributed by atoms with van der Waals surface area (Å²) >= 11 is 2.87. The molecule has 0 fully saturated rings. The third-order valence-electron chi connectivity index (χ3n) is 2.98. The smallest absolute Gasteiger partial charge is 0.258 e. The summed E-state index contributed by atoms with van der Waals surface area (Å²) in [5.74, 6) is 0.155. The van der Waals surface area contributed by atoms with Crippen LogP contribution in [0.2, 0.25) is 0 Å². The Morgan fingerprint density at radius 3 is 3.00 bits per heavy atom. The molecule has 0 bridgehead atoms. The zero-order chi connectivity index (χ0) is 15.0. The Morgan fingerprint density at radius 1 is 1.43 bits per heavy atom. The Morgan fingerprint density at radius 2 is 2.24 bits per heavy atom. The number of aromatic nitrogens is 2. The first-order valence-electron chi connectivity index (χ1n) is 6.19. The van der Waals surface area contributed by atoms with Crippen molar-refractivity contribution in [3.05, 3.63) is 57.2 Å². The van der Waals surface area contributed by atoms with Gasteiger partial charge in [0.1, 0.15) is 5.82 Å². The number of nitrogens with zero attached hydrogens (tertiary/aromatic N) is 2. The van der Waals surface area contributed by atoms with E-state index in [1.807, 2.05) is 12.3 Å². The van der Waals surface area contributed by atoms with Crippen LogP contribution in [0, 0.1) is 12.7 Å². The normalized spacial score (nSPS) is 11.1. The maximum Gasteiger partial charge on any atom is 0.258 e. The standard InChI is InChI=1S/C14H12FN3OS2/c1-8-6-21-14-17-10(5-13(19)18(8)14)7-20-12-3-2-9(15)4-11(12)16/h2-6H,7,16H2,1H3. The number of anilines is 1. The Labute approximate surface area is 128 Å². The fourth-order valence-corrected chi connectivity index (χ4v) is 3.71. The minimum atomic E-state index is -0.358. The first-order chi connectivity index (χ1) is 10.0. The van der Waals surface area contributed by atoms with Crippen molar-refractivity contribution in [2.24, 2.45) is 0 Å². The highest BCUT2D eigenvalue weighted by atomic mass is 32.2. The lowest BCUT2D eigenvalue weighted by Crippen LogP contribution is -2.14. The highest BCUT2D eigenvalue weighted by molar-refractivity contribution is 7.98. The summed E-state index contributed by atoms with van der Waals surface area (Å²) in [5, 5.41) is 1.90. The van der Waals surface area contributed by atoms with Gasteiger partial charge in [0.2, 0.25) is 0 Å². The van der Waals surface area contributed by atoms with Gasteiger partial charge in [0, 0.05) is 33.5 Å². The molecule has 0 saturated carbocycles. The second-order valence-electron chi connectivity index (χ2n) is 4.55. The number of benzene rings is 1. The van der Waals surface area contributed by atoms with Gasteiger partial charge in [0.25, 0.3) is 5.56 Å². The zero-order valence-electron chi connectivity index (χ0n) is 11.2. The van der Waals surface area contributed by atoms with Crippen LogP contribution in [-0.2, 0) is 5.75 Å². The third-order valence-corrected chi connectivity index (χ3v) is 5.04. The molecule has 0 radical (unpaired) electrons. The molecule has 7 heteroatoms. The summed E-state index contributed by atoms with van der Waals surface area (Å²) in [7, 11) is 0. The molecule has 0 aliphatic rings. The third kappa shape index (κ3) is 2.79. The van der Waals surface area contributed by atoms with Gasteiger partial charge in [-0.1, -0.05) is 0 Å². The van der Waals surface area contributed by atoms with Crippen LogP contribution in [0.4, 0.5) is 10.1 Å². The van der Waals surface area contributed by atoms with Crippen LogP contribution >= 0.6 is 23.1 Å². The minimum Gasteiger partial charge on any atom is -0.398 e. The number of fused-ring (bicyclic) bond motifs is 1. The molecule has 0 aliphatic carbocycles. The van der Waals surface area contributed by atoms with Gasteiger partial charge in [-0.3, -0.25) is 9.20 Å². The molecule has 0 amide bonds. The number of hydrogen-bond acceptors (Lipinski definition) is 5. The number of aryl methyl sites for hydroxylation is 1. The fourth-order valence-electron chi connectivity index (χ4n) is 1.98. The number of rotatable bonds is 3. The summed E-state index contributed by atoms with van der Waals surface area (Å²) in [5.41, 5.74) is 7.65. The molecule has 21 heavy (non-hydrogen) atoms. The van der Waals surface area contributed by atoms with Crippen LogP contribution in [0.25, 0.3) is 4.96 Å². The van der Waals surface area contributed by atoms with Gasteiger partial charge in [0.15, 0.2) is 4.96 Å². The number of nitrogen functional groups attached to an aromatic ring is 1. The van der Waals surface area contributed by atoms with Crippen LogP contribution in [0.15, 0.2) is 39.3 Å². The van der Waals surface area contributed by atoms with E-state index < -0.39 is 0 Å². The monoisotopic (exact) mass is 321 g/mol. The number of halogens is 1. The molecule has 0 aliphatic heterocycles. The molecule has 0 saturated heterocycles. The molecule has 3 aromatic rings. The highest BCUT2D eigenvalue weighted by Gasteiger charge is 2.08. The Balaban J connectivity index is 1.87. The van der Waals surface area contributed by atoms with Crippen molar-refractivity contribution in [3.63, 3.8) is 0 Å². The van der Waals surface area contributed by atoms with Crippen LogP contribution in [0.5, 0.6) is 0 Å². The molecule has 0 unspecified atom stereocenters. The van der Waals surface area contributed by atoms with E-state index in [9.17, 15) is 9.18 Å². The average molecular weight is 321 g/mol. The molecule has 4 nitrogen and oxygen atoms in total. The van der Waals surface area contributed by atoms with E-state index >= 15 is 0 Å². The molecule has 0 atom stereocenters. The van der Waals surface area contributed by atoms with Crippen LogP contribution < -0.4 is 11.3 Å². The number of nitrogens with two attached hydrogens (primary N) is 1. The van der Waals surface area contributed by atoms with E-state index in [0.717, 1.165) is 10.6 Å². The van der Waals surface area contributed by atoms with E-state index in [0.29, 0.717) is 22.1 Å². The number of thioether (sulfide) groups is 1. The molecule has 2 N–H and O–H groups in total. The van der Waals surface area contributed by atoms with E-state index in [4.69, 9.17) is 5.73 Å². The van der Waals surface area contributed by atoms with Gasteiger partial charge < -0.3 is 5.73 Å². The van der Waals surface area contributed by atoms with Crippen molar-refractivity contribution in [3.8, 4) is 0 Å². The molecular weight excluding hydrogens is 309 g/mol. The van der Waals surface area contributed by atoms with E-state index in [2.05, 4.69) is 4.98 Å². The summed E-state index contributed by atoms with van der Waals surface area (Å²) < 4.78 is 14.6. The quantitative estimate of drug-likeness (QED) is 0.595. The Hall–Kier alpha value is -1.86. The van der Waals surface area contributed by atoms with Gasteiger partial charge in [-0.05, 0) is 25.1 Å². The zero-order valence-corrected chi connectivity index (χ0v) is 12.8. The van der Waals surface area contributed by atoms with E-state index in [1.165, 1.54) is 41.3 Å². The first-order valence-corrected chi connectivity index (χ1v) is 8.06. The summed E-state index contributed by atoms with van der Waals surface area (Å²) in [6, 6.07) is 5.82. The molecule has 2 heterocycles. The summed E-state index contributed by atoms with van der Waals surface area (Å²) in [6.45, 7) is 1.88. The largest absolute Gasteiger partial charge is 0.398 e. The van der Waals surface area contributed by atoms with Crippen molar-refractivity contribution in [1.29, 1.82) is 0 Å². The van der Waals surface area contributed by atoms with Crippen molar-refractivity contribution in [1.82, 2.24) is 9.38 Å².